The smallest absolute Gasteiger partial charge is 0.191 e. The fourth-order valence-electron chi connectivity index (χ4n) is 2.02. The second kappa shape index (κ2) is 7.51. The minimum Gasteiger partial charge on any atom is -0.351 e. The van der Waals surface area contributed by atoms with E-state index in [4.69, 9.17) is 23.2 Å². The predicted octanol–water partition coefficient (Wildman–Crippen LogP) is 2.90. The molecule has 0 bridgehead atoms. The van der Waals surface area contributed by atoms with Crippen LogP contribution < -0.4 is 10.6 Å². The van der Waals surface area contributed by atoms with Crippen molar-refractivity contribution in [1.82, 2.24) is 20.2 Å². The zero-order valence-corrected chi connectivity index (χ0v) is 14.3. The molecule has 2 aromatic rings. The molecule has 118 valence electrons. The van der Waals surface area contributed by atoms with Crippen molar-refractivity contribution in [1.29, 1.82) is 0 Å². The van der Waals surface area contributed by atoms with Crippen LogP contribution in [0, 0.1) is 6.92 Å². The number of nitrogens with zero attached hydrogens (tertiary/aromatic N) is 3. The number of nitrogens with one attached hydrogen (secondary N) is 2. The largest absolute Gasteiger partial charge is 0.351 e. The van der Waals surface area contributed by atoms with Gasteiger partial charge in [-0.15, -0.1) is 0 Å². The van der Waals surface area contributed by atoms with Crippen LogP contribution in [0.3, 0.4) is 0 Å². The lowest BCUT2D eigenvalue weighted by atomic mass is 10.2. The molecule has 0 aromatic carbocycles. The van der Waals surface area contributed by atoms with Crippen molar-refractivity contribution in [2.75, 3.05) is 7.05 Å². The SMILES string of the molecule is CN=C(NCc1ncccc1C)NCc1cc(Cl)c(Cl)n1C. The van der Waals surface area contributed by atoms with E-state index in [-0.39, 0.29) is 0 Å². The molecular weight excluding hydrogens is 321 g/mol. The van der Waals surface area contributed by atoms with Gasteiger partial charge in [-0.3, -0.25) is 9.98 Å². The number of hydrogen-bond acceptors (Lipinski definition) is 2. The Hall–Kier alpha value is -1.72. The summed E-state index contributed by atoms with van der Waals surface area (Å²) in [5.41, 5.74) is 3.12. The van der Waals surface area contributed by atoms with E-state index in [1.165, 1.54) is 0 Å². The number of aliphatic imine (C=N–C) groups is 1. The molecule has 0 aliphatic carbocycles. The molecule has 0 unspecified atom stereocenters. The first kappa shape index (κ1) is 16.6. The summed E-state index contributed by atoms with van der Waals surface area (Å²) in [5, 5.41) is 7.55. The minimum atomic E-state index is 0.533. The molecule has 7 heteroatoms. The zero-order valence-electron chi connectivity index (χ0n) is 12.8. The molecule has 0 amide bonds. The molecule has 2 rings (SSSR count). The highest BCUT2D eigenvalue weighted by molar-refractivity contribution is 6.41. The molecule has 2 N–H and O–H groups in total. The number of hydrogen-bond donors (Lipinski definition) is 2. The monoisotopic (exact) mass is 339 g/mol. The first-order valence-corrected chi connectivity index (χ1v) is 7.63. The first-order chi connectivity index (χ1) is 10.5. The third-order valence-corrected chi connectivity index (χ3v) is 4.26. The van der Waals surface area contributed by atoms with E-state index in [1.54, 1.807) is 13.2 Å². The maximum Gasteiger partial charge on any atom is 0.191 e. The molecule has 0 saturated carbocycles. The van der Waals surface area contributed by atoms with E-state index in [2.05, 4.69) is 20.6 Å². The molecule has 0 radical (unpaired) electrons. The molecule has 0 fully saturated rings. The normalized spacial score (nSPS) is 11.6. The van der Waals surface area contributed by atoms with E-state index in [0.717, 1.165) is 17.0 Å². The van der Waals surface area contributed by atoms with Crippen molar-refractivity contribution >= 4 is 29.2 Å². The number of pyridine rings is 1. The number of rotatable bonds is 4. The summed E-state index contributed by atoms with van der Waals surface area (Å²) in [4.78, 5) is 8.55. The standard InChI is InChI=1S/C15H19Cl2N5/c1-10-5-4-6-19-13(10)9-21-15(18-2)20-8-11-7-12(16)14(17)22(11)3/h4-7H,8-9H2,1-3H3,(H2,18,20,21). The van der Waals surface area contributed by atoms with Gasteiger partial charge in [-0.05, 0) is 24.6 Å². The van der Waals surface area contributed by atoms with Crippen LogP contribution in [0.15, 0.2) is 29.4 Å². The van der Waals surface area contributed by atoms with E-state index in [1.807, 2.05) is 36.7 Å². The van der Waals surface area contributed by atoms with E-state index < -0.39 is 0 Å². The molecule has 5 nitrogen and oxygen atoms in total. The molecule has 0 aliphatic rings. The van der Waals surface area contributed by atoms with Crippen molar-refractivity contribution in [2.24, 2.45) is 12.0 Å². The van der Waals surface area contributed by atoms with Crippen molar-refractivity contribution in [2.45, 2.75) is 20.0 Å². The maximum absolute atomic E-state index is 6.06. The average Bonchev–Trinajstić information content (AvgIpc) is 2.76. The fourth-order valence-corrected chi connectivity index (χ4v) is 2.44. The van der Waals surface area contributed by atoms with Gasteiger partial charge in [0.15, 0.2) is 5.96 Å². The van der Waals surface area contributed by atoms with Crippen LogP contribution in [0.1, 0.15) is 17.0 Å². The first-order valence-electron chi connectivity index (χ1n) is 6.87. The van der Waals surface area contributed by atoms with E-state index in [0.29, 0.717) is 29.2 Å². The van der Waals surface area contributed by atoms with Gasteiger partial charge in [-0.25, -0.2) is 0 Å². The van der Waals surface area contributed by atoms with Crippen molar-refractivity contribution < 1.29 is 0 Å². The second-order valence-corrected chi connectivity index (χ2v) is 5.64. The summed E-state index contributed by atoms with van der Waals surface area (Å²) >= 11 is 12.1. The van der Waals surface area contributed by atoms with E-state index in [9.17, 15) is 0 Å². The lowest BCUT2D eigenvalue weighted by Gasteiger charge is -2.13. The van der Waals surface area contributed by atoms with Crippen LogP contribution in [0.25, 0.3) is 0 Å². The van der Waals surface area contributed by atoms with Gasteiger partial charge in [0.2, 0.25) is 0 Å². The van der Waals surface area contributed by atoms with Gasteiger partial charge in [0.05, 0.1) is 23.8 Å². The third kappa shape index (κ3) is 3.93. The van der Waals surface area contributed by atoms with Crippen molar-refractivity contribution in [3.05, 3.63) is 51.5 Å². The molecule has 0 spiro atoms. The lowest BCUT2D eigenvalue weighted by Crippen LogP contribution is -2.37. The Morgan fingerprint density at radius 3 is 2.64 bits per heavy atom. The number of aryl methyl sites for hydroxylation is 1. The molecule has 22 heavy (non-hydrogen) atoms. The Labute approximate surface area is 140 Å². The maximum atomic E-state index is 6.06. The fraction of sp³-hybridized carbons (Fsp3) is 0.333. The lowest BCUT2D eigenvalue weighted by molar-refractivity contribution is 0.744. The van der Waals surface area contributed by atoms with E-state index >= 15 is 0 Å². The Bertz CT molecular complexity index is 679. The Balaban J connectivity index is 1.93. The van der Waals surface area contributed by atoms with Gasteiger partial charge in [0, 0.05) is 26.0 Å². The van der Waals surface area contributed by atoms with Gasteiger partial charge in [0.25, 0.3) is 0 Å². The quantitative estimate of drug-likeness (QED) is 0.665. The summed E-state index contributed by atoms with van der Waals surface area (Å²) in [6, 6.07) is 5.80. The van der Waals surface area contributed by atoms with Gasteiger partial charge < -0.3 is 15.2 Å². The van der Waals surface area contributed by atoms with Crippen LogP contribution in [0.5, 0.6) is 0 Å². The van der Waals surface area contributed by atoms with Crippen LogP contribution in [0.4, 0.5) is 0 Å². The van der Waals surface area contributed by atoms with Crippen LogP contribution in [-0.2, 0) is 20.1 Å². The minimum absolute atomic E-state index is 0.533. The Kier molecular flexibility index (Phi) is 5.69. The topological polar surface area (TPSA) is 54.2 Å². The molecular formula is C15H19Cl2N5. The highest BCUT2D eigenvalue weighted by Gasteiger charge is 2.09. The number of halogens is 2. The number of aromatic nitrogens is 2. The molecule has 2 aromatic heterocycles. The van der Waals surface area contributed by atoms with Crippen LogP contribution in [-0.4, -0.2) is 22.6 Å². The molecule has 0 atom stereocenters. The molecule has 0 saturated heterocycles. The summed E-state index contributed by atoms with van der Waals surface area (Å²) in [6.07, 6.45) is 1.79. The average molecular weight is 340 g/mol. The van der Waals surface area contributed by atoms with Gasteiger partial charge in [-0.2, -0.15) is 0 Å². The van der Waals surface area contributed by atoms with Crippen molar-refractivity contribution in [3.8, 4) is 0 Å². The third-order valence-electron chi connectivity index (χ3n) is 3.42. The second-order valence-electron chi connectivity index (χ2n) is 4.88. The van der Waals surface area contributed by atoms with Crippen LogP contribution in [0.2, 0.25) is 10.2 Å². The molecule has 2 heterocycles. The molecule has 0 aliphatic heterocycles. The van der Waals surface area contributed by atoms with Gasteiger partial charge in [0.1, 0.15) is 5.15 Å². The Morgan fingerprint density at radius 1 is 1.32 bits per heavy atom. The summed E-state index contributed by atoms with van der Waals surface area (Å²) in [5.74, 6) is 0.693. The summed E-state index contributed by atoms with van der Waals surface area (Å²) in [6.45, 7) is 3.22. The highest BCUT2D eigenvalue weighted by atomic mass is 35.5. The highest BCUT2D eigenvalue weighted by Crippen LogP contribution is 2.24. The summed E-state index contributed by atoms with van der Waals surface area (Å²) < 4.78 is 1.84. The number of guanidine groups is 1. The predicted molar refractivity (Wildman–Crippen MR) is 91.4 cm³/mol. The zero-order chi connectivity index (χ0) is 16.1. The van der Waals surface area contributed by atoms with Gasteiger partial charge in [-0.1, -0.05) is 29.3 Å². The van der Waals surface area contributed by atoms with Crippen LogP contribution >= 0.6 is 23.2 Å². The van der Waals surface area contributed by atoms with Crippen molar-refractivity contribution in [3.63, 3.8) is 0 Å². The van der Waals surface area contributed by atoms with Gasteiger partial charge >= 0.3 is 0 Å². The summed E-state index contributed by atoms with van der Waals surface area (Å²) in [7, 11) is 3.60. The Morgan fingerprint density at radius 2 is 2.05 bits per heavy atom.